The standard InChI is InChI=1S/C13H15N3S/c1-2-17-11-5-3-10(4-6-11)13-12(9-14)15-7-8-16-13/h3-8H,2,9,14H2,1H3. The van der Waals surface area contributed by atoms with Crippen LogP contribution >= 0.6 is 11.8 Å². The first-order valence-corrected chi connectivity index (χ1v) is 6.57. The van der Waals surface area contributed by atoms with Crippen molar-refractivity contribution in [3.8, 4) is 11.3 Å². The van der Waals surface area contributed by atoms with Crippen molar-refractivity contribution in [3.05, 3.63) is 42.4 Å². The van der Waals surface area contributed by atoms with Crippen LogP contribution in [0.25, 0.3) is 11.3 Å². The largest absolute Gasteiger partial charge is 0.325 e. The third-order valence-corrected chi connectivity index (χ3v) is 3.30. The van der Waals surface area contributed by atoms with E-state index in [9.17, 15) is 0 Å². The molecular weight excluding hydrogens is 230 g/mol. The van der Waals surface area contributed by atoms with E-state index < -0.39 is 0 Å². The molecule has 0 bridgehead atoms. The second-order valence-corrected chi connectivity index (χ2v) is 4.85. The number of aromatic nitrogens is 2. The predicted molar refractivity (Wildman–Crippen MR) is 71.8 cm³/mol. The number of nitrogens with zero attached hydrogens (tertiary/aromatic N) is 2. The Morgan fingerprint density at radius 1 is 1.12 bits per heavy atom. The molecule has 0 spiro atoms. The highest BCUT2D eigenvalue weighted by atomic mass is 32.2. The zero-order valence-electron chi connectivity index (χ0n) is 9.76. The maximum Gasteiger partial charge on any atom is 0.0930 e. The topological polar surface area (TPSA) is 51.8 Å². The lowest BCUT2D eigenvalue weighted by Gasteiger charge is -2.06. The van der Waals surface area contributed by atoms with Crippen molar-refractivity contribution < 1.29 is 0 Å². The molecule has 0 aliphatic carbocycles. The van der Waals surface area contributed by atoms with E-state index in [1.165, 1.54) is 4.90 Å². The van der Waals surface area contributed by atoms with Gasteiger partial charge in [-0.1, -0.05) is 19.1 Å². The summed E-state index contributed by atoms with van der Waals surface area (Å²) in [6, 6.07) is 8.36. The van der Waals surface area contributed by atoms with E-state index in [0.29, 0.717) is 6.54 Å². The number of nitrogens with two attached hydrogens (primary N) is 1. The molecule has 0 fully saturated rings. The Morgan fingerprint density at radius 2 is 1.82 bits per heavy atom. The van der Waals surface area contributed by atoms with Gasteiger partial charge in [0, 0.05) is 29.4 Å². The average molecular weight is 245 g/mol. The SMILES string of the molecule is CCSc1ccc(-c2nccnc2CN)cc1. The fourth-order valence-corrected chi connectivity index (χ4v) is 2.29. The highest BCUT2D eigenvalue weighted by Gasteiger charge is 2.05. The summed E-state index contributed by atoms with van der Waals surface area (Å²) in [4.78, 5) is 9.86. The van der Waals surface area contributed by atoms with Crippen molar-refractivity contribution in [2.75, 3.05) is 5.75 Å². The van der Waals surface area contributed by atoms with Crippen LogP contribution in [0.3, 0.4) is 0 Å². The lowest BCUT2D eigenvalue weighted by molar-refractivity contribution is 0.969. The van der Waals surface area contributed by atoms with Crippen LogP contribution in [0.5, 0.6) is 0 Å². The zero-order valence-corrected chi connectivity index (χ0v) is 10.6. The number of rotatable bonds is 4. The minimum atomic E-state index is 0.411. The van der Waals surface area contributed by atoms with E-state index in [-0.39, 0.29) is 0 Å². The van der Waals surface area contributed by atoms with Gasteiger partial charge in [0.15, 0.2) is 0 Å². The molecule has 0 saturated carbocycles. The van der Waals surface area contributed by atoms with Crippen molar-refractivity contribution in [1.29, 1.82) is 0 Å². The molecule has 17 heavy (non-hydrogen) atoms. The van der Waals surface area contributed by atoms with Gasteiger partial charge in [-0.3, -0.25) is 9.97 Å². The second-order valence-electron chi connectivity index (χ2n) is 3.51. The number of hydrogen-bond donors (Lipinski definition) is 1. The molecule has 3 nitrogen and oxygen atoms in total. The summed E-state index contributed by atoms with van der Waals surface area (Å²) < 4.78 is 0. The highest BCUT2D eigenvalue weighted by Crippen LogP contribution is 2.24. The van der Waals surface area contributed by atoms with E-state index in [0.717, 1.165) is 22.7 Å². The van der Waals surface area contributed by atoms with Crippen LogP contribution in [0, 0.1) is 0 Å². The molecule has 0 aliphatic rings. The molecule has 0 saturated heterocycles. The Bertz CT molecular complexity index is 482. The number of benzene rings is 1. The van der Waals surface area contributed by atoms with Crippen molar-refractivity contribution in [2.24, 2.45) is 5.73 Å². The average Bonchev–Trinajstić information content (AvgIpc) is 2.40. The Morgan fingerprint density at radius 3 is 2.47 bits per heavy atom. The summed E-state index contributed by atoms with van der Waals surface area (Å²) >= 11 is 1.83. The van der Waals surface area contributed by atoms with Gasteiger partial charge in [-0.15, -0.1) is 11.8 Å². The Hall–Kier alpha value is -1.39. The van der Waals surface area contributed by atoms with Gasteiger partial charge >= 0.3 is 0 Å². The van der Waals surface area contributed by atoms with Crippen molar-refractivity contribution in [1.82, 2.24) is 9.97 Å². The summed E-state index contributed by atoms with van der Waals surface area (Å²) in [5, 5.41) is 0. The van der Waals surface area contributed by atoms with E-state index in [1.807, 2.05) is 11.8 Å². The summed E-state index contributed by atoms with van der Waals surface area (Å²) in [5.74, 6) is 1.08. The minimum Gasteiger partial charge on any atom is -0.325 e. The molecule has 0 amide bonds. The predicted octanol–water partition coefficient (Wildman–Crippen LogP) is 2.71. The van der Waals surface area contributed by atoms with Crippen LogP contribution in [0.1, 0.15) is 12.6 Å². The molecule has 1 aromatic carbocycles. The van der Waals surface area contributed by atoms with Crippen LogP contribution in [0.15, 0.2) is 41.6 Å². The molecule has 0 unspecified atom stereocenters. The quantitative estimate of drug-likeness (QED) is 0.841. The summed E-state index contributed by atoms with van der Waals surface area (Å²) in [7, 11) is 0. The van der Waals surface area contributed by atoms with Gasteiger partial charge in [0.2, 0.25) is 0 Å². The van der Waals surface area contributed by atoms with Gasteiger partial charge in [-0.05, 0) is 17.9 Å². The first kappa shape index (κ1) is 12.1. The molecule has 4 heteroatoms. The van der Waals surface area contributed by atoms with E-state index in [4.69, 9.17) is 5.73 Å². The van der Waals surface area contributed by atoms with E-state index in [2.05, 4.69) is 41.2 Å². The van der Waals surface area contributed by atoms with Gasteiger partial charge in [-0.2, -0.15) is 0 Å². The monoisotopic (exact) mass is 245 g/mol. The van der Waals surface area contributed by atoms with Crippen LogP contribution < -0.4 is 5.73 Å². The first-order chi connectivity index (χ1) is 8.35. The highest BCUT2D eigenvalue weighted by molar-refractivity contribution is 7.99. The summed E-state index contributed by atoms with van der Waals surface area (Å²) in [6.45, 7) is 2.56. The smallest absolute Gasteiger partial charge is 0.0930 e. The van der Waals surface area contributed by atoms with Crippen LogP contribution in [0.2, 0.25) is 0 Å². The van der Waals surface area contributed by atoms with E-state index >= 15 is 0 Å². The fourth-order valence-electron chi connectivity index (χ4n) is 1.63. The minimum absolute atomic E-state index is 0.411. The van der Waals surface area contributed by atoms with Gasteiger partial charge in [0.25, 0.3) is 0 Å². The maximum atomic E-state index is 5.66. The van der Waals surface area contributed by atoms with Gasteiger partial charge in [0.1, 0.15) is 0 Å². The Kier molecular flexibility index (Phi) is 4.12. The summed E-state index contributed by atoms with van der Waals surface area (Å²) in [5.41, 5.74) is 8.44. The molecule has 0 atom stereocenters. The molecule has 88 valence electrons. The van der Waals surface area contributed by atoms with Crippen LogP contribution in [-0.4, -0.2) is 15.7 Å². The number of thioether (sulfide) groups is 1. The normalized spacial score (nSPS) is 10.5. The van der Waals surface area contributed by atoms with Crippen molar-refractivity contribution >= 4 is 11.8 Å². The molecule has 1 heterocycles. The lowest BCUT2D eigenvalue weighted by atomic mass is 10.1. The lowest BCUT2D eigenvalue weighted by Crippen LogP contribution is -2.03. The Labute approximate surface area is 105 Å². The van der Waals surface area contributed by atoms with E-state index in [1.54, 1.807) is 12.4 Å². The fraction of sp³-hybridized carbons (Fsp3) is 0.231. The van der Waals surface area contributed by atoms with Crippen molar-refractivity contribution in [3.63, 3.8) is 0 Å². The third kappa shape index (κ3) is 2.84. The zero-order chi connectivity index (χ0) is 12.1. The summed E-state index contributed by atoms with van der Waals surface area (Å²) in [6.07, 6.45) is 3.37. The second kappa shape index (κ2) is 5.80. The van der Waals surface area contributed by atoms with Gasteiger partial charge in [0.05, 0.1) is 11.4 Å². The molecule has 0 aliphatic heterocycles. The molecule has 2 N–H and O–H groups in total. The van der Waals surface area contributed by atoms with Crippen molar-refractivity contribution in [2.45, 2.75) is 18.4 Å². The molecule has 2 rings (SSSR count). The van der Waals surface area contributed by atoms with Gasteiger partial charge in [-0.25, -0.2) is 0 Å². The maximum absolute atomic E-state index is 5.66. The molecule has 1 aromatic heterocycles. The first-order valence-electron chi connectivity index (χ1n) is 5.58. The Balaban J connectivity index is 2.33. The molecular formula is C13H15N3S. The molecule has 0 radical (unpaired) electrons. The van der Waals surface area contributed by atoms with Crippen LogP contribution in [0.4, 0.5) is 0 Å². The van der Waals surface area contributed by atoms with Crippen LogP contribution in [-0.2, 0) is 6.54 Å². The van der Waals surface area contributed by atoms with Gasteiger partial charge < -0.3 is 5.73 Å². The third-order valence-electron chi connectivity index (χ3n) is 2.41. The number of hydrogen-bond acceptors (Lipinski definition) is 4. The molecule has 2 aromatic rings.